The molecule has 0 aromatic rings. The van der Waals surface area contributed by atoms with Gasteiger partial charge in [-0.15, -0.1) is 0 Å². The zero-order valence-corrected chi connectivity index (χ0v) is 14.9. The lowest BCUT2D eigenvalue weighted by atomic mass is 9.44. The maximum absolute atomic E-state index is 6.06. The molecule has 0 aromatic heterocycles. The van der Waals surface area contributed by atoms with Crippen molar-refractivity contribution in [3.05, 3.63) is 0 Å². The molecule has 2 aliphatic heterocycles. The van der Waals surface area contributed by atoms with Crippen LogP contribution in [0.4, 0.5) is 0 Å². The minimum Gasteiger partial charge on any atom is -0.370 e. The molecule has 2 nitrogen and oxygen atoms in total. The molecule has 8 atom stereocenters. The minimum absolute atomic E-state index is 0.318. The maximum atomic E-state index is 6.06. The Morgan fingerprint density at radius 2 is 1.57 bits per heavy atom. The van der Waals surface area contributed by atoms with Gasteiger partial charge in [-0.3, -0.25) is 0 Å². The predicted octanol–water partition coefficient (Wildman–Crippen LogP) is 4.57. The molecule has 6 aliphatic rings. The summed E-state index contributed by atoms with van der Waals surface area (Å²) in [5.41, 5.74) is 1.78. The van der Waals surface area contributed by atoms with E-state index in [2.05, 4.69) is 13.8 Å². The zero-order valence-electron chi connectivity index (χ0n) is 14.9. The molecular formula is C21H32O2. The van der Waals surface area contributed by atoms with E-state index < -0.39 is 0 Å². The third-order valence-electron chi connectivity index (χ3n) is 10.1. The highest BCUT2D eigenvalue weighted by Crippen LogP contribution is 2.72. The second-order valence-electron chi connectivity index (χ2n) is 10.6. The minimum atomic E-state index is 0.318. The Morgan fingerprint density at radius 3 is 2.30 bits per heavy atom. The summed E-state index contributed by atoms with van der Waals surface area (Å²) in [5, 5.41) is 0. The summed E-state index contributed by atoms with van der Waals surface area (Å²) in [6.07, 6.45) is 12.8. The average Bonchev–Trinajstić information content (AvgIpc) is 3.43. The van der Waals surface area contributed by atoms with Crippen molar-refractivity contribution in [1.82, 2.24) is 0 Å². The first-order valence-corrected chi connectivity index (χ1v) is 10.3. The predicted molar refractivity (Wildman–Crippen MR) is 89.1 cm³/mol. The largest absolute Gasteiger partial charge is 0.370 e. The molecule has 4 saturated carbocycles. The van der Waals surface area contributed by atoms with Crippen molar-refractivity contribution < 1.29 is 9.47 Å². The van der Waals surface area contributed by atoms with E-state index in [9.17, 15) is 0 Å². The van der Waals surface area contributed by atoms with Gasteiger partial charge in [0.2, 0.25) is 0 Å². The van der Waals surface area contributed by atoms with E-state index in [4.69, 9.17) is 9.47 Å². The van der Waals surface area contributed by atoms with Crippen LogP contribution in [0.5, 0.6) is 0 Å². The molecule has 4 aliphatic carbocycles. The van der Waals surface area contributed by atoms with Crippen molar-refractivity contribution in [3.63, 3.8) is 0 Å². The van der Waals surface area contributed by atoms with Crippen LogP contribution in [-0.2, 0) is 9.47 Å². The molecule has 0 amide bonds. The summed E-state index contributed by atoms with van der Waals surface area (Å²) in [5.74, 6) is 3.88. The molecular weight excluding hydrogens is 284 g/mol. The van der Waals surface area contributed by atoms with Crippen LogP contribution in [0.1, 0.15) is 71.6 Å². The Labute approximate surface area is 140 Å². The number of epoxide rings is 2. The topological polar surface area (TPSA) is 25.1 Å². The Bertz CT molecular complexity index is 548. The van der Waals surface area contributed by atoms with Gasteiger partial charge in [-0.25, -0.2) is 0 Å². The number of fused-ring (bicyclic) bond motifs is 6. The van der Waals surface area contributed by atoms with E-state index in [1.54, 1.807) is 0 Å². The van der Waals surface area contributed by atoms with Crippen LogP contribution in [0.15, 0.2) is 0 Å². The molecule has 0 bridgehead atoms. The number of hydrogen-bond donors (Lipinski definition) is 0. The highest BCUT2D eigenvalue weighted by Gasteiger charge is 2.70. The summed E-state index contributed by atoms with van der Waals surface area (Å²) < 4.78 is 11.9. The second-order valence-corrected chi connectivity index (χ2v) is 10.6. The highest BCUT2D eigenvalue weighted by atomic mass is 16.6. The molecule has 23 heavy (non-hydrogen) atoms. The van der Waals surface area contributed by atoms with Crippen molar-refractivity contribution in [1.29, 1.82) is 0 Å². The quantitative estimate of drug-likeness (QED) is 0.612. The molecule has 2 spiro atoms. The second kappa shape index (κ2) is 4.01. The first-order chi connectivity index (χ1) is 11.0. The molecule has 2 heteroatoms. The van der Waals surface area contributed by atoms with Gasteiger partial charge in [0.1, 0.15) is 0 Å². The monoisotopic (exact) mass is 316 g/mol. The molecule has 2 saturated heterocycles. The summed E-state index contributed by atoms with van der Waals surface area (Å²) in [7, 11) is 0. The summed E-state index contributed by atoms with van der Waals surface area (Å²) >= 11 is 0. The highest BCUT2D eigenvalue weighted by molar-refractivity contribution is 5.19. The molecule has 3 unspecified atom stereocenters. The third-order valence-corrected chi connectivity index (χ3v) is 10.1. The Balaban J connectivity index is 1.32. The summed E-state index contributed by atoms with van der Waals surface area (Å²) in [6, 6.07) is 0. The first kappa shape index (κ1) is 14.1. The maximum Gasteiger partial charge on any atom is 0.0972 e. The van der Waals surface area contributed by atoms with Gasteiger partial charge in [0.25, 0.3) is 0 Å². The Hall–Kier alpha value is -0.0800. The van der Waals surface area contributed by atoms with E-state index >= 15 is 0 Å². The van der Waals surface area contributed by atoms with Gasteiger partial charge in [-0.2, -0.15) is 0 Å². The van der Waals surface area contributed by atoms with Crippen LogP contribution in [0.2, 0.25) is 0 Å². The van der Waals surface area contributed by atoms with Crippen LogP contribution >= 0.6 is 0 Å². The van der Waals surface area contributed by atoms with Crippen molar-refractivity contribution in [3.8, 4) is 0 Å². The van der Waals surface area contributed by atoms with E-state index in [-0.39, 0.29) is 0 Å². The molecule has 0 radical (unpaired) electrons. The molecule has 2 heterocycles. The van der Waals surface area contributed by atoms with E-state index in [1.165, 1.54) is 57.8 Å². The third kappa shape index (κ3) is 1.59. The van der Waals surface area contributed by atoms with Crippen LogP contribution in [0.25, 0.3) is 0 Å². The van der Waals surface area contributed by atoms with Crippen molar-refractivity contribution in [2.24, 2.45) is 34.5 Å². The smallest absolute Gasteiger partial charge is 0.0972 e. The lowest BCUT2D eigenvalue weighted by molar-refractivity contribution is -0.122. The number of ether oxygens (including phenoxy) is 2. The van der Waals surface area contributed by atoms with E-state index in [0.29, 0.717) is 22.0 Å². The van der Waals surface area contributed by atoms with Gasteiger partial charge in [-0.05, 0) is 86.9 Å². The van der Waals surface area contributed by atoms with Crippen molar-refractivity contribution >= 4 is 0 Å². The zero-order chi connectivity index (χ0) is 15.5. The van der Waals surface area contributed by atoms with Gasteiger partial charge in [0, 0.05) is 5.41 Å². The SMILES string of the molecule is C[C@]12CCC3C(CC[C@H]4C[C@@]5(CC[C@]34C)CO5)C1CC[C@@]21CO1. The average molecular weight is 316 g/mol. The Morgan fingerprint density at radius 1 is 0.783 bits per heavy atom. The van der Waals surface area contributed by atoms with Gasteiger partial charge >= 0.3 is 0 Å². The molecule has 0 aromatic carbocycles. The number of rotatable bonds is 0. The lowest BCUT2D eigenvalue weighted by Crippen LogP contribution is -2.55. The number of hydrogen-bond acceptors (Lipinski definition) is 2. The molecule has 6 fully saturated rings. The molecule has 6 rings (SSSR count). The first-order valence-electron chi connectivity index (χ1n) is 10.3. The van der Waals surface area contributed by atoms with Gasteiger partial charge in [0.15, 0.2) is 0 Å². The molecule has 0 N–H and O–H groups in total. The fourth-order valence-corrected chi connectivity index (χ4v) is 8.33. The fraction of sp³-hybridized carbons (Fsp3) is 1.00. The summed E-state index contributed by atoms with van der Waals surface area (Å²) in [4.78, 5) is 0. The van der Waals surface area contributed by atoms with Crippen LogP contribution in [-0.4, -0.2) is 24.4 Å². The van der Waals surface area contributed by atoms with Crippen molar-refractivity contribution in [2.75, 3.05) is 13.2 Å². The lowest BCUT2D eigenvalue weighted by Gasteiger charge is -2.60. The van der Waals surface area contributed by atoms with Crippen LogP contribution < -0.4 is 0 Å². The molecule has 128 valence electrons. The van der Waals surface area contributed by atoms with Crippen LogP contribution in [0, 0.1) is 34.5 Å². The normalized spacial score (nSPS) is 66.0. The van der Waals surface area contributed by atoms with Gasteiger partial charge < -0.3 is 9.47 Å². The standard InChI is InChI=1S/C21H32O2/c1-18-9-10-20(12-22-20)11-14(18)3-4-15-16(18)5-7-19(2)17(15)6-8-21(19)13-23-21/h14-17H,3-13H2,1-2H3/t14-,15?,16?,17?,18-,19-,20-,21+/m0/s1. The van der Waals surface area contributed by atoms with Gasteiger partial charge in [-0.1, -0.05) is 13.8 Å². The van der Waals surface area contributed by atoms with Gasteiger partial charge in [0.05, 0.1) is 24.4 Å². The summed E-state index contributed by atoms with van der Waals surface area (Å²) in [6.45, 7) is 7.40. The fourth-order valence-electron chi connectivity index (χ4n) is 8.33. The Kier molecular flexibility index (Phi) is 2.46. The van der Waals surface area contributed by atoms with Crippen molar-refractivity contribution in [2.45, 2.75) is 82.8 Å². The van der Waals surface area contributed by atoms with E-state index in [0.717, 1.165) is 36.9 Å². The van der Waals surface area contributed by atoms with E-state index in [1.807, 2.05) is 0 Å². The van der Waals surface area contributed by atoms with Crippen LogP contribution in [0.3, 0.4) is 0 Å².